The molecule has 2 N–H and O–H groups in total. The highest BCUT2D eigenvalue weighted by molar-refractivity contribution is 5.75. The molecule has 0 aromatic heterocycles. The van der Waals surface area contributed by atoms with Crippen molar-refractivity contribution in [1.29, 1.82) is 0 Å². The molecular formula is C15H24N2O2. The van der Waals surface area contributed by atoms with E-state index in [9.17, 15) is 4.79 Å². The molecule has 0 aliphatic heterocycles. The maximum absolute atomic E-state index is 11.4. The van der Waals surface area contributed by atoms with E-state index in [-0.39, 0.29) is 11.9 Å². The van der Waals surface area contributed by atoms with Gasteiger partial charge in [0.2, 0.25) is 5.91 Å². The Morgan fingerprint density at radius 3 is 2.47 bits per heavy atom. The first-order valence-electron chi connectivity index (χ1n) is 6.66. The van der Waals surface area contributed by atoms with Crippen LogP contribution in [0, 0.1) is 0 Å². The van der Waals surface area contributed by atoms with Crippen molar-refractivity contribution in [3.05, 3.63) is 29.8 Å². The molecule has 0 fully saturated rings. The molecule has 0 heterocycles. The summed E-state index contributed by atoms with van der Waals surface area (Å²) in [6, 6.07) is 8.13. The van der Waals surface area contributed by atoms with Crippen LogP contribution in [-0.4, -0.2) is 37.6 Å². The van der Waals surface area contributed by atoms with Crippen LogP contribution in [0.15, 0.2) is 24.3 Å². The van der Waals surface area contributed by atoms with Crippen LogP contribution in [0.1, 0.15) is 25.3 Å². The van der Waals surface area contributed by atoms with Gasteiger partial charge in [-0.3, -0.25) is 4.79 Å². The number of amides is 1. The first kappa shape index (κ1) is 15.5. The average molecular weight is 264 g/mol. The maximum Gasteiger partial charge on any atom is 0.222 e. The SMILES string of the molecule is CC(N)Cc1ccc(OCCCC(=O)N(C)C)cc1. The van der Waals surface area contributed by atoms with Crippen molar-refractivity contribution in [2.75, 3.05) is 20.7 Å². The second kappa shape index (κ2) is 7.79. The molecule has 106 valence electrons. The Kier molecular flexibility index (Phi) is 6.36. The van der Waals surface area contributed by atoms with Gasteiger partial charge in [-0.2, -0.15) is 0 Å². The Hall–Kier alpha value is -1.55. The van der Waals surface area contributed by atoms with Gasteiger partial charge in [-0.1, -0.05) is 12.1 Å². The highest BCUT2D eigenvalue weighted by atomic mass is 16.5. The number of ether oxygens (including phenoxy) is 1. The molecule has 1 atom stereocenters. The highest BCUT2D eigenvalue weighted by Gasteiger charge is 2.03. The summed E-state index contributed by atoms with van der Waals surface area (Å²) in [6.45, 7) is 2.55. The van der Waals surface area contributed by atoms with Crippen LogP contribution in [0.3, 0.4) is 0 Å². The van der Waals surface area contributed by atoms with Crippen LogP contribution in [-0.2, 0) is 11.2 Å². The van der Waals surface area contributed by atoms with E-state index in [4.69, 9.17) is 10.5 Å². The molecule has 0 bridgehead atoms. The Morgan fingerprint density at radius 2 is 1.95 bits per heavy atom. The zero-order chi connectivity index (χ0) is 14.3. The summed E-state index contributed by atoms with van der Waals surface area (Å²) < 4.78 is 5.59. The monoisotopic (exact) mass is 264 g/mol. The molecule has 1 amide bonds. The van der Waals surface area contributed by atoms with Crippen molar-refractivity contribution < 1.29 is 9.53 Å². The predicted molar refractivity (Wildman–Crippen MR) is 77.2 cm³/mol. The predicted octanol–water partition coefficient (Wildman–Crippen LogP) is 1.82. The fourth-order valence-electron chi connectivity index (χ4n) is 1.73. The quantitative estimate of drug-likeness (QED) is 0.764. The minimum Gasteiger partial charge on any atom is -0.494 e. The van der Waals surface area contributed by atoms with Crippen molar-refractivity contribution >= 4 is 5.91 Å². The summed E-state index contributed by atoms with van der Waals surface area (Å²) in [5.74, 6) is 0.974. The molecule has 4 nitrogen and oxygen atoms in total. The van der Waals surface area contributed by atoms with Gasteiger partial charge in [-0.15, -0.1) is 0 Å². The van der Waals surface area contributed by atoms with Gasteiger partial charge in [-0.25, -0.2) is 0 Å². The summed E-state index contributed by atoms with van der Waals surface area (Å²) in [7, 11) is 3.53. The molecular weight excluding hydrogens is 240 g/mol. The number of nitrogens with zero attached hydrogens (tertiary/aromatic N) is 1. The molecule has 1 aromatic rings. The number of hydrogen-bond acceptors (Lipinski definition) is 3. The Bertz CT molecular complexity index is 386. The second-order valence-electron chi connectivity index (χ2n) is 5.07. The Morgan fingerprint density at radius 1 is 1.32 bits per heavy atom. The van der Waals surface area contributed by atoms with Gasteiger partial charge in [0.05, 0.1) is 6.61 Å². The van der Waals surface area contributed by atoms with Gasteiger partial charge in [0.25, 0.3) is 0 Å². The smallest absolute Gasteiger partial charge is 0.222 e. The second-order valence-corrected chi connectivity index (χ2v) is 5.07. The summed E-state index contributed by atoms with van der Waals surface area (Å²) >= 11 is 0. The first-order chi connectivity index (χ1) is 8.99. The van der Waals surface area contributed by atoms with Crippen LogP contribution in [0.25, 0.3) is 0 Å². The lowest BCUT2D eigenvalue weighted by atomic mass is 10.1. The fourth-order valence-corrected chi connectivity index (χ4v) is 1.73. The summed E-state index contributed by atoms with van der Waals surface area (Å²) in [5, 5.41) is 0. The number of hydrogen-bond donors (Lipinski definition) is 1. The van der Waals surface area contributed by atoms with Gasteiger partial charge in [0.15, 0.2) is 0 Å². The van der Waals surface area contributed by atoms with Crippen molar-refractivity contribution in [2.24, 2.45) is 5.73 Å². The molecule has 1 unspecified atom stereocenters. The van der Waals surface area contributed by atoms with Crippen molar-refractivity contribution in [1.82, 2.24) is 4.90 Å². The lowest BCUT2D eigenvalue weighted by Gasteiger charge is -2.11. The zero-order valence-electron chi connectivity index (χ0n) is 12.1. The van der Waals surface area contributed by atoms with E-state index in [1.54, 1.807) is 19.0 Å². The molecule has 4 heteroatoms. The van der Waals surface area contributed by atoms with E-state index < -0.39 is 0 Å². The molecule has 0 saturated carbocycles. The van der Waals surface area contributed by atoms with E-state index in [0.29, 0.717) is 13.0 Å². The Labute approximate surface area is 115 Å². The molecule has 0 saturated heterocycles. The largest absolute Gasteiger partial charge is 0.494 e. The van der Waals surface area contributed by atoms with Crippen LogP contribution >= 0.6 is 0 Å². The van der Waals surface area contributed by atoms with E-state index >= 15 is 0 Å². The topological polar surface area (TPSA) is 55.6 Å². The van der Waals surface area contributed by atoms with Crippen LogP contribution < -0.4 is 10.5 Å². The van der Waals surface area contributed by atoms with Gasteiger partial charge < -0.3 is 15.4 Å². The average Bonchev–Trinajstić information content (AvgIpc) is 2.35. The number of carbonyl (C=O) groups excluding carboxylic acids is 1. The molecule has 19 heavy (non-hydrogen) atoms. The van der Waals surface area contributed by atoms with Crippen LogP contribution in [0.5, 0.6) is 5.75 Å². The molecule has 1 aromatic carbocycles. The van der Waals surface area contributed by atoms with Gasteiger partial charge >= 0.3 is 0 Å². The zero-order valence-corrected chi connectivity index (χ0v) is 12.1. The fraction of sp³-hybridized carbons (Fsp3) is 0.533. The lowest BCUT2D eigenvalue weighted by Crippen LogP contribution is -2.21. The summed E-state index contributed by atoms with van der Waals surface area (Å²) in [5.41, 5.74) is 6.96. The number of carbonyl (C=O) groups is 1. The third-order valence-electron chi connectivity index (χ3n) is 2.78. The van der Waals surface area contributed by atoms with Gasteiger partial charge in [-0.05, 0) is 37.5 Å². The third-order valence-corrected chi connectivity index (χ3v) is 2.78. The van der Waals surface area contributed by atoms with Crippen molar-refractivity contribution in [2.45, 2.75) is 32.2 Å². The molecule has 0 spiro atoms. The minimum atomic E-state index is 0.135. The summed E-state index contributed by atoms with van der Waals surface area (Å²) in [6.07, 6.45) is 2.13. The van der Waals surface area contributed by atoms with E-state index in [0.717, 1.165) is 18.6 Å². The standard InChI is InChI=1S/C15H24N2O2/c1-12(16)11-13-6-8-14(9-7-13)19-10-4-5-15(18)17(2)3/h6-9,12H,4-5,10-11,16H2,1-3H3. The van der Waals surface area contributed by atoms with Crippen molar-refractivity contribution in [3.8, 4) is 5.75 Å². The Balaban J connectivity index is 2.28. The van der Waals surface area contributed by atoms with E-state index in [1.807, 2.05) is 31.2 Å². The molecule has 1 rings (SSSR count). The van der Waals surface area contributed by atoms with E-state index in [1.165, 1.54) is 5.56 Å². The van der Waals surface area contributed by atoms with Crippen LogP contribution in [0.4, 0.5) is 0 Å². The normalized spacial score (nSPS) is 12.0. The van der Waals surface area contributed by atoms with E-state index in [2.05, 4.69) is 0 Å². The maximum atomic E-state index is 11.4. The van der Waals surface area contributed by atoms with Gasteiger partial charge in [0.1, 0.15) is 5.75 Å². The number of benzene rings is 1. The van der Waals surface area contributed by atoms with Gasteiger partial charge in [0, 0.05) is 26.6 Å². The first-order valence-corrected chi connectivity index (χ1v) is 6.66. The molecule has 0 aliphatic carbocycles. The third kappa shape index (κ3) is 6.25. The number of nitrogens with two attached hydrogens (primary N) is 1. The highest BCUT2D eigenvalue weighted by Crippen LogP contribution is 2.13. The van der Waals surface area contributed by atoms with Crippen LogP contribution in [0.2, 0.25) is 0 Å². The van der Waals surface area contributed by atoms with Crippen molar-refractivity contribution in [3.63, 3.8) is 0 Å². The minimum absolute atomic E-state index is 0.135. The summed E-state index contributed by atoms with van der Waals surface area (Å²) in [4.78, 5) is 13.0. The number of rotatable bonds is 7. The molecule has 0 radical (unpaired) electrons. The molecule has 0 aliphatic rings. The lowest BCUT2D eigenvalue weighted by molar-refractivity contribution is -0.128.